The summed E-state index contributed by atoms with van der Waals surface area (Å²) >= 11 is 1.41. The van der Waals surface area contributed by atoms with Gasteiger partial charge in [0.05, 0.1) is 23.0 Å². The van der Waals surface area contributed by atoms with Gasteiger partial charge < -0.3 is 10.0 Å². The van der Waals surface area contributed by atoms with Crippen molar-refractivity contribution >= 4 is 44.4 Å². The van der Waals surface area contributed by atoms with E-state index in [2.05, 4.69) is 20.4 Å². The highest BCUT2D eigenvalue weighted by Crippen LogP contribution is 2.31. The van der Waals surface area contributed by atoms with Crippen LogP contribution in [0.2, 0.25) is 0 Å². The first-order chi connectivity index (χ1) is 21.8. The second-order valence-electron chi connectivity index (χ2n) is 10.6. The van der Waals surface area contributed by atoms with Crippen LogP contribution in [-0.4, -0.2) is 43.3 Å². The number of carbonyl (C=O) groups is 2. The summed E-state index contributed by atoms with van der Waals surface area (Å²) in [6, 6.07) is 20.0. The van der Waals surface area contributed by atoms with Crippen LogP contribution in [0, 0.1) is 11.6 Å². The number of carboxylic acids is 1. The molecular formula is C33H24F2N6O3S. The normalized spacial score (nSPS) is 12.7. The molecule has 0 saturated carbocycles. The molecule has 0 aliphatic carbocycles. The first-order valence-corrected chi connectivity index (χ1v) is 14.9. The Labute approximate surface area is 259 Å². The molecule has 45 heavy (non-hydrogen) atoms. The summed E-state index contributed by atoms with van der Waals surface area (Å²) in [6.45, 7) is 1.06. The molecule has 0 radical (unpaired) electrons. The van der Waals surface area contributed by atoms with Crippen molar-refractivity contribution in [3.8, 4) is 11.1 Å². The van der Waals surface area contributed by atoms with Gasteiger partial charge in [-0.25, -0.2) is 23.5 Å². The first kappa shape index (κ1) is 28.3. The van der Waals surface area contributed by atoms with Crippen molar-refractivity contribution < 1.29 is 23.5 Å². The number of amides is 1. The Kier molecular flexibility index (Phi) is 7.26. The van der Waals surface area contributed by atoms with Crippen molar-refractivity contribution in [2.75, 3.05) is 16.8 Å². The van der Waals surface area contributed by atoms with Crippen LogP contribution in [0.4, 0.5) is 19.7 Å². The zero-order chi connectivity index (χ0) is 31.1. The Morgan fingerprint density at radius 1 is 0.978 bits per heavy atom. The number of pyridine rings is 1. The molecule has 1 amide bonds. The van der Waals surface area contributed by atoms with Crippen molar-refractivity contribution in [3.05, 3.63) is 125 Å². The second kappa shape index (κ2) is 11.5. The van der Waals surface area contributed by atoms with Crippen LogP contribution in [0.15, 0.2) is 85.2 Å². The van der Waals surface area contributed by atoms with E-state index < -0.39 is 17.6 Å². The minimum absolute atomic E-state index is 0.102. The van der Waals surface area contributed by atoms with Crippen LogP contribution in [0.5, 0.6) is 0 Å². The van der Waals surface area contributed by atoms with Crippen molar-refractivity contribution in [1.82, 2.24) is 19.7 Å². The fourth-order valence-corrected chi connectivity index (χ4v) is 6.44. The smallest absolute Gasteiger partial charge is 0.355 e. The number of halogens is 2. The van der Waals surface area contributed by atoms with Gasteiger partial charge in [-0.3, -0.25) is 14.8 Å². The molecule has 224 valence electrons. The molecule has 0 atom stereocenters. The van der Waals surface area contributed by atoms with E-state index in [0.29, 0.717) is 52.7 Å². The van der Waals surface area contributed by atoms with Crippen LogP contribution in [0.1, 0.15) is 37.5 Å². The highest BCUT2D eigenvalue weighted by atomic mass is 32.1. The van der Waals surface area contributed by atoms with Crippen molar-refractivity contribution in [3.63, 3.8) is 0 Å². The summed E-state index contributed by atoms with van der Waals surface area (Å²) in [5.74, 6) is -2.38. The highest BCUT2D eigenvalue weighted by Gasteiger charge is 2.25. The molecule has 12 heteroatoms. The van der Waals surface area contributed by atoms with Gasteiger partial charge in [-0.05, 0) is 65.6 Å². The maximum Gasteiger partial charge on any atom is 0.355 e. The molecule has 9 nitrogen and oxygen atoms in total. The third kappa shape index (κ3) is 5.75. The lowest BCUT2D eigenvalue weighted by Crippen LogP contribution is -2.33. The lowest BCUT2D eigenvalue weighted by Gasteiger charge is -2.31. The maximum absolute atomic E-state index is 13.6. The number of fused-ring (bicyclic) bond motifs is 2. The molecule has 0 bridgehead atoms. The largest absolute Gasteiger partial charge is 0.476 e. The monoisotopic (exact) mass is 622 g/mol. The third-order valence-corrected chi connectivity index (χ3v) is 8.60. The number of nitrogens with one attached hydrogen (secondary N) is 1. The van der Waals surface area contributed by atoms with Crippen molar-refractivity contribution in [2.24, 2.45) is 0 Å². The van der Waals surface area contributed by atoms with Crippen molar-refractivity contribution in [1.29, 1.82) is 0 Å². The number of rotatable bonds is 7. The van der Waals surface area contributed by atoms with Gasteiger partial charge in [0.15, 0.2) is 10.8 Å². The predicted octanol–water partition coefficient (Wildman–Crippen LogP) is 6.39. The predicted molar refractivity (Wildman–Crippen MR) is 167 cm³/mol. The number of nitrogens with zero attached hydrogens (tertiary/aromatic N) is 5. The van der Waals surface area contributed by atoms with Crippen LogP contribution in [0.25, 0.3) is 21.3 Å². The second-order valence-corrected chi connectivity index (χ2v) is 11.7. The fraction of sp³-hybridized carbons (Fsp3) is 0.121. The molecule has 0 saturated heterocycles. The van der Waals surface area contributed by atoms with Gasteiger partial charge in [0.1, 0.15) is 17.5 Å². The van der Waals surface area contributed by atoms with E-state index in [0.717, 1.165) is 27.4 Å². The van der Waals surface area contributed by atoms with Crippen LogP contribution in [-0.2, 0) is 19.5 Å². The van der Waals surface area contributed by atoms with Gasteiger partial charge in [0.2, 0.25) is 0 Å². The molecule has 6 aromatic rings. The maximum atomic E-state index is 13.6. The molecule has 1 aliphatic rings. The molecular weight excluding hydrogens is 598 g/mol. The Morgan fingerprint density at radius 3 is 2.60 bits per heavy atom. The van der Waals surface area contributed by atoms with E-state index >= 15 is 0 Å². The fourth-order valence-electron chi connectivity index (χ4n) is 5.58. The SMILES string of the molecule is O=C(Nc1nc2ccccc2s1)c1cccc2c1CN(c1ccc(-c3cnn(Cc4cc(F)cc(F)c4)c3)c(C(=O)O)n1)CC2. The minimum atomic E-state index is -1.21. The summed E-state index contributed by atoms with van der Waals surface area (Å²) in [6.07, 6.45) is 3.75. The molecule has 2 N–H and O–H groups in total. The van der Waals surface area contributed by atoms with E-state index in [9.17, 15) is 23.5 Å². The molecule has 3 aromatic heterocycles. The lowest BCUT2D eigenvalue weighted by molar-refractivity contribution is 0.0691. The van der Waals surface area contributed by atoms with Crippen LogP contribution < -0.4 is 10.2 Å². The van der Waals surface area contributed by atoms with E-state index in [1.54, 1.807) is 24.4 Å². The molecule has 0 unspecified atom stereocenters. The number of para-hydroxylation sites is 1. The van der Waals surface area contributed by atoms with E-state index in [1.807, 2.05) is 41.3 Å². The zero-order valence-electron chi connectivity index (χ0n) is 23.6. The number of hydrogen-bond acceptors (Lipinski definition) is 7. The molecule has 7 rings (SSSR count). The molecule has 0 fully saturated rings. The first-order valence-electron chi connectivity index (χ1n) is 14.1. The Hall–Kier alpha value is -5.49. The Balaban J connectivity index is 1.13. The van der Waals surface area contributed by atoms with Crippen molar-refractivity contribution in [2.45, 2.75) is 19.5 Å². The third-order valence-electron chi connectivity index (χ3n) is 7.65. The minimum Gasteiger partial charge on any atom is -0.476 e. The number of thiazole rings is 1. The van der Waals surface area contributed by atoms with Gasteiger partial charge in [0.25, 0.3) is 5.91 Å². The number of carboxylic acid groups (broad SMARTS) is 1. The highest BCUT2D eigenvalue weighted by molar-refractivity contribution is 7.22. The zero-order valence-corrected chi connectivity index (χ0v) is 24.4. The number of carbonyl (C=O) groups excluding carboxylic acids is 1. The number of aromatic carboxylic acids is 1. The summed E-state index contributed by atoms with van der Waals surface area (Å²) in [5.41, 5.74) is 4.32. The van der Waals surface area contributed by atoms with Crippen LogP contribution in [0.3, 0.4) is 0 Å². The van der Waals surface area contributed by atoms with Gasteiger partial charge >= 0.3 is 5.97 Å². The van der Waals surface area contributed by atoms with Gasteiger partial charge in [0, 0.05) is 42.0 Å². The van der Waals surface area contributed by atoms with E-state index in [4.69, 9.17) is 0 Å². The van der Waals surface area contributed by atoms with Gasteiger partial charge in [-0.15, -0.1) is 0 Å². The molecule has 0 spiro atoms. The number of aromatic nitrogens is 4. The summed E-state index contributed by atoms with van der Waals surface area (Å²) in [7, 11) is 0. The van der Waals surface area contributed by atoms with Gasteiger partial charge in [-0.2, -0.15) is 5.10 Å². The summed E-state index contributed by atoms with van der Waals surface area (Å²) in [5, 5.41) is 17.8. The average Bonchev–Trinajstić information content (AvgIpc) is 3.66. The molecule has 1 aliphatic heterocycles. The Morgan fingerprint density at radius 2 is 1.80 bits per heavy atom. The topological polar surface area (TPSA) is 113 Å². The standard InChI is InChI=1S/C33H24F2N6O3S/c34-22-12-19(13-23(35)14-22)16-41-17-21(15-36-41)24-8-9-29(38-30(24)32(43)44)40-11-10-20-4-3-5-25(26(20)18-40)31(42)39-33-37-27-6-1-2-7-28(27)45-33/h1-9,12-15,17H,10-11,16,18H2,(H,43,44)(H,37,39,42). The number of hydrogen-bond donors (Lipinski definition) is 2. The van der Waals surface area contributed by atoms with Crippen LogP contribution >= 0.6 is 11.3 Å². The Bertz CT molecular complexity index is 2060. The van der Waals surface area contributed by atoms with E-state index in [1.165, 1.54) is 34.3 Å². The number of benzene rings is 3. The lowest BCUT2D eigenvalue weighted by atomic mass is 9.94. The average molecular weight is 623 g/mol. The summed E-state index contributed by atoms with van der Waals surface area (Å²) < 4.78 is 29.7. The molecule has 3 aromatic carbocycles. The quantitative estimate of drug-likeness (QED) is 0.212. The molecule has 4 heterocycles. The van der Waals surface area contributed by atoms with Gasteiger partial charge in [-0.1, -0.05) is 35.6 Å². The number of anilines is 2. The van der Waals surface area contributed by atoms with E-state index in [-0.39, 0.29) is 18.1 Å². The summed E-state index contributed by atoms with van der Waals surface area (Å²) in [4.78, 5) is 36.7.